The van der Waals surface area contributed by atoms with Crippen molar-refractivity contribution in [3.8, 4) is 189 Å². The second kappa shape index (κ2) is 38.4. The van der Waals surface area contributed by atoms with Crippen molar-refractivity contribution in [3.05, 3.63) is 556 Å². The van der Waals surface area contributed by atoms with E-state index in [0.717, 1.165) is 223 Å². The Balaban J connectivity index is 0.825. The van der Waals surface area contributed by atoms with Crippen molar-refractivity contribution < 1.29 is 0 Å². The Kier molecular flexibility index (Phi) is 23.9. The van der Waals surface area contributed by atoms with Crippen LogP contribution >= 0.6 is 23.2 Å². The van der Waals surface area contributed by atoms with E-state index in [1.807, 2.05) is 24.3 Å². The molecule has 0 amide bonds. The highest BCUT2D eigenvalue weighted by atomic mass is 35.5. The van der Waals surface area contributed by atoms with Crippen LogP contribution in [0.25, 0.3) is 189 Å². The van der Waals surface area contributed by atoms with E-state index in [9.17, 15) is 0 Å². The van der Waals surface area contributed by atoms with Gasteiger partial charge >= 0.3 is 0 Å². The summed E-state index contributed by atoms with van der Waals surface area (Å²) in [5.41, 5.74) is 42.6. The highest BCUT2D eigenvalue weighted by Gasteiger charge is 2.35. The molecule has 0 aromatic heterocycles. The van der Waals surface area contributed by atoms with Crippen molar-refractivity contribution in [2.75, 3.05) is 9.80 Å². The largest absolute Gasteiger partial charge is 0.310 e. The molecule has 22 aromatic rings. The SMILES string of the molecule is Clc1ccc(-c2c(-c3ccccc3)c(-c3ccccc3)c(-c3ccccc3-c3ccccc3-c3c(-c4ccccc4)c(-c4ccccc4)c(-c4ccc(N(c5ccc(-c6ccccc6)cc5)c5ccccc5-c5ccccc5)cc4)c(-c4ccc(Cl)cc4)c3-c3ccccc3)c(-c3ccccc3)c2-c2ccc(N(c3ccc(-c4ccccc4)cc3)c3ccccc3-c3ccccc3)cc2)cc1. The molecule has 0 saturated heterocycles. The van der Waals surface area contributed by atoms with Gasteiger partial charge in [0.15, 0.2) is 0 Å². The third kappa shape index (κ3) is 16.7. The van der Waals surface area contributed by atoms with E-state index in [0.29, 0.717) is 10.0 Å². The Morgan fingerprint density at radius 1 is 0.103 bits per heavy atom. The number of para-hydroxylation sites is 2. The van der Waals surface area contributed by atoms with E-state index in [2.05, 4.69) is 532 Å². The van der Waals surface area contributed by atoms with Gasteiger partial charge < -0.3 is 9.80 Å². The molecule has 0 N–H and O–H groups in total. The summed E-state index contributed by atoms with van der Waals surface area (Å²) < 4.78 is 0. The van der Waals surface area contributed by atoms with Gasteiger partial charge in [-0.3, -0.25) is 0 Å². The van der Waals surface area contributed by atoms with Crippen LogP contribution in [-0.2, 0) is 0 Å². The van der Waals surface area contributed by atoms with Crippen molar-refractivity contribution in [1.82, 2.24) is 0 Å². The number of rotatable bonds is 23. The topological polar surface area (TPSA) is 6.48 Å². The predicted octanol–water partition coefficient (Wildman–Crippen LogP) is 38.3. The standard InChI is InChI=1S/C132H90Cl2N2/c133-107-79-67-103(68-80-107)123-121(97-47-19-5-20-48-97)127(99-51-23-7-24-52-99)132(130(102-57-29-10-30-58-102)126(123)106-77-89-112(90-78-106)136(110-85-73-94(74-86-110)92-41-13-2-14-42-92)120-66-38-36-60-114(120)96-45-17-4-18-46-96)118-64-34-32-62-116(118)115-61-31-33-63-117(115)131-128(100-53-25-8-26-54-100)122(98-49-21-6-22-50-98)124(125(104-69-81-108(134)82-70-104)129(131)101-55-27-9-28-56-101)105-75-87-111(88-76-105)135(109-83-71-93(72-84-109)91-39-11-1-12-40-91)119-65-37-35-59-113(119)95-43-15-3-16-44-95/h1-90H. The molecule has 136 heavy (non-hydrogen) atoms. The van der Waals surface area contributed by atoms with E-state index in [1.54, 1.807) is 0 Å². The summed E-state index contributed by atoms with van der Waals surface area (Å²) in [5.74, 6) is 0. The minimum absolute atomic E-state index is 0.643. The summed E-state index contributed by atoms with van der Waals surface area (Å²) in [4.78, 5) is 4.83. The maximum absolute atomic E-state index is 7.19. The van der Waals surface area contributed by atoms with Gasteiger partial charge in [-0.2, -0.15) is 0 Å². The molecule has 0 unspecified atom stereocenters. The van der Waals surface area contributed by atoms with Gasteiger partial charge in [-0.1, -0.05) is 484 Å². The molecule has 0 heterocycles. The van der Waals surface area contributed by atoms with Crippen molar-refractivity contribution in [2.24, 2.45) is 0 Å². The maximum Gasteiger partial charge on any atom is 0.0540 e. The van der Waals surface area contributed by atoms with E-state index in [-0.39, 0.29) is 0 Å². The molecule has 0 bridgehead atoms. The second-order valence-electron chi connectivity index (χ2n) is 34.2. The van der Waals surface area contributed by atoms with Gasteiger partial charge in [-0.05, 0) is 263 Å². The van der Waals surface area contributed by atoms with E-state index in [4.69, 9.17) is 23.2 Å². The van der Waals surface area contributed by atoms with Crippen LogP contribution in [0.5, 0.6) is 0 Å². The zero-order valence-electron chi connectivity index (χ0n) is 74.6. The number of halogens is 2. The first-order chi connectivity index (χ1) is 67.4. The molecule has 0 saturated carbocycles. The number of hydrogen-bond donors (Lipinski definition) is 0. The number of hydrogen-bond acceptors (Lipinski definition) is 2. The fourth-order valence-corrected chi connectivity index (χ4v) is 20.2. The number of nitrogens with zero attached hydrogens (tertiary/aromatic N) is 2. The van der Waals surface area contributed by atoms with Gasteiger partial charge in [0.2, 0.25) is 0 Å². The third-order valence-electron chi connectivity index (χ3n) is 26.1. The molecular formula is C132H90Cl2N2. The lowest BCUT2D eigenvalue weighted by Crippen LogP contribution is -2.11. The molecule has 0 aliphatic carbocycles. The van der Waals surface area contributed by atoms with E-state index in [1.165, 1.54) is 0 Å². The molecule has 2 nitrogen and oxygen atoms in total. The van der Waals surface area contributed by atoms with Gasteiger partial charge in [0.1, 0.15) is 0 Å². The minimum atomic E-state index is 0.643. The Morgan fingerprint density at radius 2 is 0.250 bits per heavy atom. The maximum atomic E-state index is 7.19. The lowest BCUT2D eigenvalue weighted by atomic mass is 9.72. The smallest absolute Gasteiger partial charge is 0.0540 e. The minimum Gasteiger partial charge on any atom is -0.310 e. The Hall–Kier alpha value is -17.0. The summed E-state index contributed by atoms with van der Waals surface area (Å²) in [7, 11) is 0. The molecule has 0 aliphatic rings. The first-order valence-corrected chi connectivity index (χ1v) is 47.1. The molecule has 0 atom stereocenters. The highest BCUT2D eigenvalue weighted by Crippen LogP contribution is 2.62. The van der Waals surface area contributed by atoms with Crippen LogP contribution in [0.2, 0.25) is 10.0 Å². The molecule has 0 fully saturated rings. The van der Waals surface area contributed by atoms with E-state index < -0.39 is 0 Å². The van der Waals surface area contributed by atoms with Gasteiger partial charge in [-0.25, -0.2) is 0 Å². The molecule has 0 aliphatic heterocycles. The second-order valence-corrected chi connectivity index (χ2v) is 35.0. The summed E-state index contributed by atoms with van der Waals surface area (Å²) in [6.45, 7) is 0. The zero-order valence-corrected chi connectivity index (χ0v) is 76.1. The van der Waals surface area contributed by atoms with Crippen LogP contribution in [0, 0.1) is 0 Å². The van der Waals surface area contributed by atoms with Crippen LogP contribution in [0.15, 0.2) is 546 Å². The van der Waals surface area contributed by atoms with Gasteiger partial charge in [0.05, 0.1) is 11.4 Å². The monoisotopic (exact) mass is 1770 g/mol. The third-order valence-corrected chi connectivity index (χ3v) is 26.6. The van der Waals surface area contributed by atoms with E-state index >= 15 is 0 Å². The van der Waals surface area contributed by atoms with Crippen molar-refractivity contribution in [2.45, 2.75) is 0 Å². The quantitative estimate of drug-likeness (QED) is 0.0630. The fourth-order valence-electron chi connectivity index (χ4n) is 20.0. The van der Waals surface area contributed by atoms with Crippen molar-refractivity contribution in [3.63, 3.8) is 0 Å². The summed E-state index contributed by atoms with van der Waals surface area (Å²) >= 11 is 14.3. The Labute approximate surface area is 806 Å². The number of anilines is 6. The Morgan fingerprint density at radius 3 is 0.478 bits per heavy atom. The molecular weight excluding hydrogens is 1680 g/mol. The molecule has 0 radical (unpaired) electrons. The predicted molar refractivity (Wildman–Crippen MR) is 578 cm³/mol. The first-order valence-electron chi connectivity index (χ1n) is 46.3. The lowest BCUT2D eigenvalue weighted by molar-refractivity contribution is 1.28. The lowest BCUT2D eigenvalue weighted by Gasteiger charge is -2.31. The molecule has 22 rings (SSSR count). The summed E-state index contributed by atoms with van der Waals surface area (Å²) in [6, 6.07) is 199. The molecule has 642 valence electrons. The first kappa shape index (κ1) is 84.6. The summed E-state index contributed by atoms with van der Waals surface area (Å²) in [5, 5.41) is 1.29. The zero-order chi connectivity index (χ0) is 91.0. The Bertz CT molecular complexity index is 7950. The normalized spacial score (nSPS) is 11.2. The average Bonchev–Trinajstić information content (AvgIpc) is 0.708. The van der Waals surface area contributed by atoms with Crippen LogP contribution in [0.1, 0.15) is 0 Å². The van der Waals surface area contributed by atoms with Crippen molar-refractivity contribution in [1.29, 1.82) is 0 Å². The molecule has 0 spiro atoms. The van der Waals surface area contributed by atoms with Crippen LogP contribution in [0.4, 0.5) is 34.1 Å². The fraction of sp³-hybridized carbons (Fsp3) is 0. The summed E-state index contributed by atoms with van der Waals surface area (Å²) in [6.07, 6.45) is 0. The highest BCUT2D eigenvalue weighted by molar-refractivity contribution is 6.31. The van der Waals surface area contributed by atoms with Gasteiger partial charge in [0.25, 0.3) is 0 Å². The van der Waals surface area contributed by atoms with Crippen LogP contribution < -0.4 is 9.80 Å². The van der Waals surface area contributed by atoms with Crippen LogP contribution in [0.3, 0.4) is 0 Å². The van der Waals surface area contributed by atoms with Gasteiger partial charge in [-0.15, -0.1) is 0 Å². The van der Waals surface area contributed by atoms with Gasteiger partial charge in [0, 0.05) is 43.9 Å². The molecule has 22 aromatic carbocycles. The van der Waals surface area contributed by atoms with Crippen LogP contribution in [-0.4, -0.2) is 0 Å². The number of benzene rings is 22. The molecule has 4 heteroatoms. The van der Waals surface area contributed by atoms with Crippen molar-refractivity contribution >= 4 is 57.3 Å². The average molecular weight is 1780 g/mol.